The fraction of sp³-hybridized carbons (Fsp3) is 0.200. The molecular weight excluding hydrogens is 601 g/mol. The summed E-state index contributed by atoms with van der Waals surface area (Å²) in [6, 6.07) is 16.5. The van der Waals surface area contributed by atoms with Gasteiger partial charge >= 0.3 is 0 Å². The van der Waals surface area contributed by atoms with Gasteiger partial charge in [-0.1, -0.05) is 23.7 Å². The van der Waals surface area contributed by atoms with Gasteiger partial charge in [-0.25, -0.2) is 9.37 Å². The maximum absolute atomic E-state index is 14.5. The van der Waals surface area contributed by atoms with Gasteiger partial charge in [-0.15, -0.1) is 0 Å². The van der Waals surface area contributed by atoms with Crippen LogP contribution in [0.2, 0.25) is 5.02 Å². The van der Waals surface area contributed by atoms with Crippen LogP contribution in [0.5, 0.6) is 17.2 Å². The largest absolute Gasteiger partial charge is 0.497 e. The van der Waals surface area contributed by atoms with Crippen molar-refractivity contribution >= 4 is 39.3 Å². The number of benzene rings is 3. The van der Waals surface area contributed by atoms with Gasteiger partial charge in [-0.05, 0) is 64.0 Å². The molecule has 0 radical (unpaired) electrons. The highest BCUT2D eigenvalue weighted by molar-refractivity contribution is 9.10. The van der Waals surface area contributed by atoms with Crippen molar-refractivity contribution < 1.29 is 23.4 Å². The van der Waals surface area contributed by atoms with E-state index in [0.717, 1.165) is 11.1 Å². The zero-order valence-corrected chi connectivity index (χ0v) is 24.3. The minimum atomic E-state index is -0.652. The van der Waals surface area contributed by atoms with E-state index in [-0.39, 0.29) is 12.5 Å². The molecule has 1 aromatic heterocycles. The smallest absolute Gasteiger partial charge is 0.259 e. The summed E-state index contributed by atoms with van der Waals surface area (Å²) < 4.78 is 31.2. The molecule has 3 aromatic carbocycles. The second kappa shape index (κ2) is 11.7. The molecule has 0 fully saturated rings. The third-order valence-corrected chi connectivity index (χ3v) is 7.81. The summed E-state index contributed by atoms with van der Waals surface area (Å²) in [5, 5.41) is 3.66. The lowest BCUT2D eigenvalue weighted by Gasteiger charge is -2.27. The number of hydrogen-bond donors (Lipinski definition) is 1. The Morgan fingerprint density at radius 2 is 1.73 bits per heavy atom. The Hall–Kier alpha value is -3.82. The summed E-state index contributed by atoms with van der Waals surface area (Å²) in [5.74, 6) is 1.71. The van der Waals surface area contributed by atoms with E-state index in [1.807, 2.05) is 36.4 Å². The molecule has 1 atom stereocenters. The minimum absolute atomic E-state index is 0.255. The number of fused-ring (bicyclic) bond motifs is 1. The molecule has 0 saturated heterocycles. The summed E-state index contributed by atoms with van der Waals surface area (Å²) >= 11 is 10.2. The number of carbonyl (C=O) groups excluding carboxylic acids is 1. The number of methoxy groups -OCH3 is 3. The summed E-state index contributed by atoms with van der Waals surface area (Å²) in [5.41, 5.74) is 3.26. The maximum Gasteiger partial charge on any atom is 0.259 e. The van der Waals surface area contributed by atoms with Crippen LogP contribution in [-0.2, 0) is 13.1 Å². The predicted molar refractivity (Wildman–Crippen MR) is 155 cm³/mol. The highest BCUT2D eigenvalue weighted by Gasteiger charge is 2.42. The second-order valence-electron chi connectivity index (χ2n) is 9.12. The van der Waals surface area contributed by atoms with Crippen LogP contribution in [0.15, 0.2) is 71.3 Å². The van der Waals surface area contributed by atoms with Crippen molar-refractivity contribution in [2.45, 2.75) is 19.1 Å². The third-order valence-electron chi connectivity index (χ3n) is 6.84. The van der Waals surface area contributed by atoms with Crippen LogP contribution >= 0.6 is 27.5 Å². The van der Waals surface area contributed by atoms with Crippen LogP contribution in [0.25, 0.3) is 0 Å². The van der Waals surface area contributed by atoms with Crippen molar-refractivity contribution in [3.8, 4) is 17.2 Å². The van der Waals surface area contributed by atoms with Crippen molar-refractivity contribution in [1.29, 1.82) is 0 Å². The quantitative estimate of drug-likeness (QED) is 0.215. The number of amides is 1. The molecule has 10 heteroatoms. The van der Waals surface area contributed by atoms with Crippen LogP contribution in [0.4, 0.5) is 10.2 Å². The lowest BCUT2D eigenvalue weighted by Crippen LogP contribution is -2.28. The number of nitrogens with one attached hydrogen (secondary N) is 1. The first-order valence-corrected chi connectivity index (χ1v) is 13.5. The van der Waals surface area contributed by atoms with Crippen molar-refractivity contribution in [1.82, 2.24) is 9.88 Å². The van der Waals surface area contributed by atoms with Gasteiger partial charge in [0.15, 0.2) is 0 Å². The summed E-state index contributed by atoms with van der Waals surface area (Å²) in [6.45, 7) is 0.596. The van der Waals surface area contributed by atoms with Crippen LogP contribution in [0, 0.1) is 5.82 Å². The van der Waals surface area contributed by atoms with Gasteiger partial charge in [-0.3, -0.25) is 4.79 Å². The first kappa shape index (κ1) is 27.7. The van der Waals surface area contributed by atoms with Crippen molar-refractivity contribution in [2.75, 3.05) is 26.6 Å². The van der Waals surface area contributed by atoms with Gasteiger partial charge in [0.05, 0.1) is 32.9 Å². The van der Waals surface area contributed by atoms with Crippen LogP contribution in [0.3, 0.4) is 0 Å². The Morgan fingerprint density at radius 3 is 2.42 bits per heavy atom. The number of nitrogens with zero attached hydrogens (tertiary/aromatic N) is 2. The average molecular weight is 627 g/mol. The van der Waals surface area contributed by atoms with E-state index in [1.165, 1.54) is 18.2 Å². The third kappa shape index (κ3) is 5.31. The molecule has 2 heterocycles. The van der Waals surface area contributed by atoms with Crippen molar-refractivity contribution in [3.05, 3.63) is 110 Å². The molecule has 40 heavy (non-hydrogen) atoms. The number of pyridine rings is 1. The fourth-order valence-corrected chi connectivity index (χ4v) is 5.59. The standard InChI is InChI=1S/C30H26BrClFN3O4/c1-38-20-8-4-17(5-9-20)16-36-28(22-12-19(33)7-11-24(22)32)26-23(31)15-35-29(27(26)30(36)37)34-14-18-6-10-21(39-2)13-25(18)40-3/h4-13,15,28H,14,16H2,1-3H3,(H,34,35). The van der Waals surface area contributed by atoms with Gasteiger partial charge in [-0.2, -0.15) is 0 Å². The Kier molecular flexibility index (Phi) is 8.14. The summed E-state index contributed by atoms with van der Waals surface area (Å²) in [6.07, 6.45) is 1.64. The van der Waals surface area contributed by atoms with Gasteiger partial charge in [0, 0.05) is 51.5 Å². The van der Waals surface area contributed by atoms with Crippen molar-refractivity contribution in [3.63, 3.8) is 0 Å². The highest BCUT2D eigenvalue weighted by Crippen LogP contribution is 2.47. The molecule has 206 valence electrons. The molecule has 1 amide bonds. The molecule has 5 rings (SSSR count). The van der Waals surface area contributed by atoms with Crippen molar-refractivity contribution in [2.24, 2.45) is 0 Å². The molecule has 7 nitrogen and oxygen atoms in total. The Balaban J connectivity index is 1.57. The zero-order chi connectivity index (χ0) is 28.4. The molecule has 1 N–H and O–H groups in total. The lowest BCUT2D eigenvalue weighted by atomic mass is 9.98. The number of carbonyl (C=O) groups is 1. The molecule has 1 unspecified atom stereocenters. The molecule has 1 aliphatic heterocycles. The van der Waals surface area contributed by atoms with E-state index in [0.29, 0.717) is 55.8 Å². The van der Waals surface area contributed by atoms with E-state index in [1.54, 1.807) is 38.5 Å². The van der Waals surface area contributed by atoms with E-state index in [4.69, 9.17) is 25.8 Å². The van der Waals surface area contributed by atoms with E-state index in [2.05, 4.69) is 26.2 Å². The number of aromatic nitrogens is 1. The summed E-state index contributed by atoms with van der Waals surface area (Å²) in [7, 11) is 4.77. The number of rotatable bonds is 9. The monoisotopic (exact) mass is 625 g/mol. The van der Waals surface area contributed by atoms with E-state index in [9.17, 15) is 9.18 Å². The Labute approximate surface area is 245 Å². The fourth-order valence-electron chi connectivity index (χ4n) is 4.85. The van der Waals surface area contributed by atoms with Crippen LogP contribution in [-0.4, -0.2) is 37.1 Å². The number of hydrogen-bond acceptors (Lipinski definition) is 6. The minimum Gasteiger partial charge on any atom is -0.497 e. The van der Waals surface area contributed by atoms with E-state index >= 15 is 0 Å². The molecule has 0 spiro atoms. The molecule has 0 saturated carbocycles. The van der Waals surface area contributed by atoms with Gasteiger partial charge in [0.2, 0.25) is 0 Å². The van der Waals surface area contributed by atoms with Gasteiger partial charge in [0.25, 0.3) is 5.91 Å². The van der Waals surface area contributed by atoms with Crippen LogP contribution < -0.4 is 19.5 Å². The Morgan fingerprint density at radius 1 is 1.00 bits per heavy atom. The summed E-state index contributed by atoms with van der Waals surface area (Å²) in [4.78, 5) is 20.3. The molecule has 4 aromatic rings. The average Bonchev–Trinajstić information content (AvgIpc) is 3.26. The SMILES string of the molecule is COc1ccc(CN2C(=O)c3c(NCc4ccc(OC)cc4OC)ncc(Br)c3C2c2cc(F)ccc2Cl)cc1. The topological polar surface area (TPSA) is 72.9 Å². The Bertz CT molecular complexity index is 1570. The van der Waals surface area contributed by atoms with Gasteiger partial charge < -0.3 is 24.4 Å². The van der Waals surface area contributed by atoms with Gasteiger partial charge in [0.1, 0.15) is 28.9 Å². The first-order valence-electron chi connectivity index (χ1n) is 12.4. The highest BCUT2D eigenvalue weighted by atomic mass is 79.9. The maximum atomic E-state index is 14.5. The zero-order valence-electron chi connectivity index (χ0n) is 22.0. The van der Waals surface area contributed by atoms with E-state index < -0.39 is 11.9 Å². The number of anilines is 1. The number of halogens is 3. The molecular formula is C30H26BrClFN3O4. The number of ether oxygens (including phenoxy) is 3. The second-order valence-corrected chi connectivity index (χ2v) is 10.4. The molecule has 0 bridgehead atoms. The lowest BCUT2D eigenvalue weighted by molar-refractivity contribution is 0.0736. The first-order chi connectivity index (χ1) is 19.3. The molecule has 1 aliphatic rings. The molecule has 0 aliphatic carbocycles. The predicted octanol–water partition coefficient (Wildman–Crippen LogP) is 7.02. The van der Waals surface area contributed by atoms with Crippen LogP contribution in [0.1, 0.15) is 38.7 Å². The normalized spacial score (nSPS) is 14.2.